The van der Waals surface area contributed by atoms with Crippen LogP contribution in [0, 0.1) is 0 Å². The molecule has 2 N–H and O–H groups in total. The number of thioether (sulfide) groups is 1. The third kappa shape index (κ3) is 4.98. The van der Waals surface area contributed by atoms with Crippen molar-refractivity contribution in [2.45, 2.75) is 50.2 Å². The van der Waals surface area contributed by atoms with E-state index in [9.17, 15) is 8.42 Å². The molecule has 1 aliphatic heterocycles. The summed E-state index contributed by atoms with van der Waals surface area (Å²) < 4.78 is 28.1. The molecule has 21 heavy (non-hydrogen) atoms. The van der Waals surface area contributed by atoms with Crippen molar-refractivity contribution in [1.29, 1.82) is 0 Å². The molecule has 0 radical (unpaired) electrons. The van der Waals surface area contributed by atoms with Gasteiger partial charge in [0.05, 0.1) is 4.90 Å². The van der Waals surface area contributed by atoms with E-state index < -0.39 is 10.0 Å². The van der Waals surface area contributed by atoms with Crippen molar-refractivity contribution in [3.8, 4) is 0 Å². The Labute approximate surface area is 132 Å². The summed E-state index contributed by atoms with van der Waals surface area (Å²) in [5.41, 5.74) is 0.821. The zero-order chi connectivity index (χ0) is 15.3. The van der Waals surface area contributed by atoms with Gasteiger partial charge in [0.15, 0.2) is 0 Å². The fourth-order valence-corrected chi connectivity index (χ4v) is 5.03. The van der Waals surface area contributed by atoms with E-state index in [1.807, 2.05) is 23.9 Å². The van der Waals surface area contributed by atoms with Crippen LogP contribution in [0.5, 0.6) is 0 Å². The van der Waals surface area contributed by atoms with E-state index in [1.165, 1.54) is 0 Å². The minimum atomic E-state index is -3.44. The maximum absolute atomic E-state index is 12.6. The molecule has 1 heterocycles. The SMILES string of the molecule is CC(C)NCc1ccccc1S(=O)(=O)NC1CCCSC1. The smallest absolute Gasteiger partial charge is 0.241 e. The van der Waals surface area contributed by atoms with Crippen LogP contribution in [0.25, 0.3) is 0 Å². The fourth-order valence-electron chi connectivity index (χ4n) is 2.34. The molecule has 118 valence electrons. The average Bonchev–Trinajstić information content (AvgIpc) is 2.46. The second kappa shape index (κ2) is 7.63. The van der Waals surface area contributed by atoms with Gasteiger partial charge < -0.3 is 5.32 Å². The lowest BCUT2D eigenvalue weighted by atomic mass is 10.2. The predicted molar refractivity (Wildman–Crippen MR) is 89.1 cm³/mol. The zero-order valence-electron chi connectivity index (χ0n) is 12.6. The van der Waals surface area contributed by atoms with E-state index >= 15 is 0 Å². The molecule has 1 unspecified atom stereocenters. The third-order valence-corrected chi connectivity index (χ3v) is 6.28. The minimum Gasteiger partial charge on any atom is -0.310 e. The van der Waals surface area contributed by atoms with E-state index in [4.69, 9.17) is 0 Å². The normalized spacial score (nSPS) is 19.9. The molecule has 1 atom stereocenters. The molecular weight excluding hydrogens is 304 g/mol. The molecule has 4 nitrogen and oxygen atoms in total. The van der Waals surface area contributed by atoms with Crippen LogP contribution in [0.15, 0.2) is 29.2 Å². The van der Waals surface area contributed by atoms with Gasteiger partial charge in [0.2, 0.25) is 10.0 Å². The van der Waals surface area contributed by atoms with Gasteiger partial charge in [-0.05, 0) is 30.2 Å². The Balaban J connectivity index is 2.14. The van der Waals surface area contributed by atoms with Gasteiger partial charge in [0, 0.05) is 24.4 Å². The first kappa shape index (κ1) is 16.8. The van der Waals surface area contributed by atoms with Crippen molar-refractivity contribution in [2.24, 2.45) is 0 Å². The molecule has 0 aromatic heterocycles. The molecular formula is C15H24N2O2S2. The molecule has 1 aliphatic rings. The van der Waals surface area contributed by atoms with Gasteiger partial charge in [0.1, 0.15) is 0 Å². The first-order valence-electron chi connectivity index (χ1n) is 7.40. The summed E-state index contributed by atoms with van der Waals surface area (Å²) in [5, 5.41) is 3.28. The van der Waals surface area contributed by atoms with E-state index in [2.05, 4.69) is 23.9 Å². The third-order valence-electron chi connectivity index (χ3n) is 3.44. The second-order valence-electron chi connectivity index (χ2n) is 5.68. The number of benzene rings is 1. The van der Waals surface area contributed by atoms with Crippen molar-refractivity contribution < 1.29 is 8.42 Å². The standard InChI is InChI=1S/C15H24N2O2S2/c1-12(2)16-10-13-6-3-4-8-15(13)21(18,19)17-14-7-5-9-20-11-14/h3-4,6,8,12,14,16-17H,5,7,9-11H2,1-2H3. The topological polar surface area (TPSA) is 58.2 Å². The van der Waals surface area contributed by atoms with Crippen LogP contribution >= 0.6 is 11.8 Å². The molecule has 1 aromatic rings. The maximum Gasteiger partial charge on any atom is 0.241 e. The van der Waals surface area contributed by atoms with Crippen molar-refractivity contribution in [1.82, 2.24) is 10.0 Å². The quantitative estimate of drug-likeness (QED) is 0.842. The van der Waals surface area contributed by atoms with E-state index in [0.717, 1.165) is 29.9 Å². The number of sulfonamides is 1. The largest absolute Gasteiger partial charge is 0.310 e. The van der Waals surface area contributed by atoms with Crippen LogP contribution in [-0.2, 0) is 16.6 Å². The highest BCUT2D eigenvalue weighted by molar-refractivity contribution is 7.99. The highest BCUT2D eigenvalue weighted by Crippen LogP contribution is 2.21. The number of hydrogen-bond donors (Lipinski definition) is 2. The maximum atomic E-state index is 12.6. The first-order chi connectivity index (χ1) is 9.99. The monoisotopic (exact) mass is 328 g/mol. The summed E-state index contributed by atoms with van der Waals surface area (Å²) in [6.45, 7) is 4.66. The molecule has 0 amide bonds. The Morgan fingerprint density at radius 3 is 2.76 bits per heavy atom. The summed E-state index contributed by atoms with van der Waals surface area (Å²) in [4.78, 5) is 0.397. The van der Waals surface area contributed by atoms with Gasteiger partial charge >= 0.3 is 0 Å². The van der Waals surface area contributed by atoms with Crippen LogP contribution in [0.4, 0.5) is 0 Å². The number of nitrogens with one attached hydrogen (secondary N) is 2. The Hall–Kier alpha value is -0.560. The molecule has 0 spiro atoms. The summed E-state index contributed by atoms with van der Waals surface area (Å²) in [7, 11) is -3.44. The Morgan fingerprint density at radius 1 is 1.33 bits per heavy atom. The lowest BCUT2D eigenvalue weighted by Crippen LogP contribution is -2.38. The molecule has 6 heteroatoms. The Morgan fingerprint density at radius 2 is 2.10 bits per heavy atom. The number of rotatable bonds is 6. The van der Waals surface area contributed by atoms with E-state index in [1.54, 1.807) is 12.1 Å². The van der Waals surface area contributed by atoms with Crippen molar-refractivity contribution >= 4 is 21.8 Å². The van der Waals surface area contributed by atoms with Gasteiger partial charge in [-0.15, -0.1) is 0 Å². The molecule has 0 bridgehead atoms. The highest BCUT2D eigenvalue weighted by atomic mass is 32.2. The summed E-state index contributed by atoms with van der Waals surface area (Å²) >= 11 is 1.82. The molecule has 0 aliphatic carbocycles. The van der Waals surface area contributed by atoms with Crippen LogP contribution in [0.1, 0.15) is 32.3 Å². The molecule has 2 rings (SSSR count). The molecule has 0 saturated carbocycles. The average molecular weight is 329 g/mol. The van der Waals surface area contributed by atoms with Crippen LogP contribution in [0.3, 0.4) is 0 Å². The van der Waals surface area contributed by atoms with Gasteiger partial charge in [-0.1, -0.05) is 32.0 Å². The Kier molecular flexibility index (Phi) is 6.10. The lowest BCUT2D eigenvalue weighted by molar-refractivity contribution is 0.539. The molecule has 1 fully saturated rings. The lowest BCUT2D eigenvalue weighted by Gasteiger charge is -2.23. The second-order valence-corrected chi connectivity index (χ2v) is 8.51. The molecule has 1 saturated heterocycles. The van der Waals surface area contributed by atoms with Gasteiger partial charge in [0.25, 0.3) is 0 Å². The van der Waals surface area contributed by atoms with Crippen molar-refractivity contribution in [3.05, 3.63) is 29.8 Å². The predicted octanol–water partition coefficient (Wildman–Crippen LogP) is 2.36. The van der Waals surface area contributed by atoms with Gasteiger partial charge in [-0.25, -0.2) is 13.1 Å². The van der Waals surface area contributed by atoms with E-state index in [0.29, 0.717) is 17.5 Å². The first-order valence-corrected chi connectivity index (χ1v) is 10.0. The van der Waals surface area contributed by atoms with Gasteiger partial charge in [-0.3, -0.25) is 0 Å². The zero-order valence-corrected chi connectivity index (χ0v) is 14.3. The fraction of sp³-hybridized carbons (Fsp3) is 0.600. The minimum absolute atomic E-state index is 0.0554. The van der Waals surface area contributed by atoms with Crippen LogP contribution in [0.2, 0.25) is 0 Å². The van der Waals surface area contributed by atoms with Crippen LogP contribution in [-0.4, -0.2) is 32.0 Å². The van der Waals surface area contributed by atoms with Crippen molar-refractivity contribution in [3.63, 3.8) is 0 Å². The van der Waals surface area contributed by atoms with Crippen molar-refractivity contribution in [2.75, 3.05) is 11.5 Å². The summed E-state index contributed by atoms with van der Waals surface area (Å²) in [5.74, 6) is 2.00. The molecule has 1 aromatic carbocycles. The number of hydrogen-bond acceptors (Lipinski definition) is 4. The van der Waals surface area contributed by atoms with Crippen LogP contribution < -0.4 is 10.0 Å². The van der Waals surface area contributed by atoms with Gasteiger partial charge in [-0.2, -0.15) is 11.8 Å². The highest BCUT2D eigenvalue weighted by Gasteiger charge is 2.23. The summed E-state index contributed by atoms with van der Waals surface area (Å²) in [6.07, 6.45) is 2.01. The van der Waals surface area contributed by atoms with E-state index in [-0.39, 0.29) is 6.04 Å². The Bertz CT molecular complexity index is 553. The summed E-state index contributed by atoms with van der Waals surface area (Å²) in [6, 6.07) is 7.61.